The van der Waals surface area contributed by atoms with Crippen LogP contribution in [-0.4, -0.2) is 17.7 Å². The molecule has 0 atom stereocenters. The number of halogens is 1. The van der Waals surface area contributed by atoms with Crippen molar-refractivity contribution in [1.29, 1.82) is 5.26 Å². The Balaban J connectivity index is 2.27. The Labute approximate surface area is 110 Å². The summed E-state index contributed by atoms with van der Waals surface area (Å²) in [5, 5.41) is 18.1. The Kier molecular flexibility index (Phi) is 4.03. The highest BCUT2D eigenvalue weighted by molar-refractivity contribution is 9.10. The van der Waals surface area contributed by atoms with E-state index in [4.69, 9.17) is 5.26 Å². The third kappa shape index (κ3) is 2.99. The van der Waals surface area contributed by atoms with Crippen LogP contribution in [0.2, 0.25) is 0 Å². The molecule has 0 unspecified atom stereocenters. The zero-order valence-corrected chi connectivity index (χ0v) is 11.2. The normalized spacial score (nSPS) is 14.4. The topological polar surface area (TPSA) is 47.3 Å². The number of anilines is 1. The van der Waals surface area contributed by atoms with Gasteiger partial charge < -0.3 is 10.0 Å². The molecule has 90 valence electrons. The second-order valence-corrected chi connectivity index (χ2v) is 5.18. The lowest BCUT2D eigenvalue weighted by atomic mass is 10.1. The maximum absolute atomic E-state index is 9.38. The van der Waals surface area contributed by atoms with Crippen molar-refractivity contribution in [3.8, 4) is 6.07 Å². The summed E-state index contributed by atoms with van der Waals surface area (Å²) in [5.41, 5.74) is 1.98. The molecule has 0 saturated heterocycles. The largest absolute Gasteiger partial charge is 0.392 e. The number of benzene rings is 1. The zero-order chi connectivity index (χ0) is 12.3. The van der Waals surface area contributed by atoms with Gasteiger partial charge in [-0.2, -0.15) is 5.26 Å². The molecule has 17 heavy (non-hydrogen) atoms. The summed E-state index contributed by atoms with van der Waals surface area (Å²) in [6.07, 6.45) is 2.89. The van der Waals surface area contributed by atoms with Crippen LogP contribution in [0, 0.1) is 11.3 Å². The molecule has 4 heteroatoms. The van der Waals surface area contributed by atoms with Crippen LogP contribution in [0.5, 0.6) is 0 Å². The molecule has 0 spiro atoms. The van der Waals surface area contributed by atoms with Crippen LogP contribution >= 0.6 is 15.9 Å². The maximum Gasteiger partial charge on any atom is 0.0702 e. The van der Waals surface area contributed by atoms with E-state index in [0.717, 1.165) is 22.3 Å². The summed E-state index contributed by atoms with van der Waals surface area (Å²) < 4.78 is 1.01. The molecule has 1 aliphatic rings. The maximum atomic E-state index is 9.38. The molecule has 1 aromatic rings. The fourth-order valence-corrected chi connectivity index (χ4v) is 2.34. The predicted molar refractivity (Wildman–Crippen MR) is 70.7 cm³/mol. The average Bonchev–Trinajstić information content (AvgIpc) is 3.14. The van der Waals surface area contributed by atoms with E-state index in [1.807, 2.05) is 18.2 Å². The van der Waals surface area contributed by atoms with Crippen molar-refractivity contribution in [1.82, 2.24) is 0 Å². The van der Waals surface area contributed by atoms with Gasteiger partial charge in [-0.05, 0) is 25.0 Å². The number of hydrogen-bond donors (Lipinski definition) is 1. The molecule has 1 saturated carbocycles. The Morgan fingerprint density at radius 1 is 1.47 bits per heavy atom. The van der Waals surface area contributed by atoms with Gasteiger partial charge in [0.05, 0.1) is 19.1 Å². The van der Waals surface area contributed by atoms with Gasteiger partial charge in [-0.3, -0.25) is 0 Å². The van der Waals surface area contributed by atoms with Crippen LogP contribution < -0.4 is 4.90 Å². The van der Waals surface area contributed by atoms with Gasteiger partial charge in [-0.15, -0.1) is 0 Å². The number of hydrogen-bond acceptors (Lipinski definition) is 3. The van der Waals surface area contributed by atoms with Gasteiger partial charge >= 0.3 is 0 Å². The fourth-order valence-electron chi connectivity index (χ4n) is 1.99. The molecule has 1 N–H and O–H groups in total. The molecule has 0 heterocycles. The van der Waals surface area contributed by atoms with Crippen molar-refractivity contribution in [3.63, 3.8) is 0 Å². The summed E-state index contributed by atoms with van der Waals surface area (Å²) in [6.45, 7) is 0.781. The van der Waals surface area contributed by atoms with Gasteiger partial charge in [-0.1, -0.05) is 22.0 Å². The quantitative estimate of drug-likeness (QED) is 0.908. The molecule has 0 amide bonds. The standard InChI is InChI=1S/C13H15BrN2O/c14-11-3-2-10(9-17)13(8-11)16(7-1-6-15)12-4-5-12/h2-3,8,12,17H,1,4-5,7,9H2. The third-order valence-electron chi connectivity index (χ3n) is 2.98. The Morgan fingerprint density at radius 3 is 2.82 bits per heavy atom. The summed E-state index contributed by atoms with van der Waals surface area (Å²) in [5.74, 6) is 0. The van der Waals surface area contributed by atoms with Gasteiger partial charge in [0.2, 0.25) is 0 Å². The highest BCUT2D eigenvalue weighted by Crippen LogP contribution is 2.35. The van der Waals surface area contributed by atoms with Crippen molar-refractivity contribution < 1.29 is 5.11 Å². The van der Waals surface area contributed by atoms with Crippen LogP contribution in [-0.2, 0) is 6.61 Å². The molecule has 3 nitrogen and oxygen atoms in total. The Morgan fingerprint density at radius 2 is 2.24 bits per heavy atom. The third-order valence-corrected chi connectivity index (χ3v) is 3.47. The molecule has 0 aliphatic heterocycles. The summed E-state index contributed by atoms with van der Waals surface area (Å²) >= 11 is 3.46. The van der Waals surface area contributed by atoms with Crippen molar-refractivity contribution in [2.24, 2.45) is 0 Å². The number of nitriles is 1. The average molecular weight is 295 g/mol. The van der Waals surface area contributed by atoms with Crippen LogP contribution in [0.25, 0.3) is 0 Å². The van der Waals surface area contributed by atoms with E-state index in [-0.39, 0.29) is 6.61 Å². The van der Waals surface area contributed by atoms with E-state index in [1.54, 1.807) is 0 Å². The second-order valence-electron chi connectivity index (χ2n) is 4.26. The molecule has 1 aliphatic carbocycles. The van der Waals surface area contributed by atoms with Gasteiger partial charge in [-0.25, -0.2) is 0 Å². The first-order valence-electron chi connectivity index (χ1n) is 5.79. The van der Waals surface area contributed by atoms with E-state index < -0.39 is 0 Å². The van der Waals surface area contributed by atoms with Crippen LogP contribution in [0.1, 0.15) is 24.8 Å². The second kappa shape index (κ2) is 5.52. The van der Waals surface area contributed by atoms with Crippen LogP contribution in [0.15, 0.2) is 22.7 Å². The highest BCUT2D eigenvalue weighted by atomic mass is 79.9. The van der Waals surface area contributed by atoms with Gasteiger partial charge in [0.25, 0.3) is 0 Å². The lowest BCUT2D eigenvalue weighted by molar-refractivity contribution is 0.282. The zero-order valence-electron chi connectivity index (χ0n) is 9.56. The summed E-state index contributed by atoms with van der Waals surface area (Å²) in [6, 6.07) is 8.63. The van der Waals surface area contributed by atoms with E-state index >= 15 is 0 Å². The number of aliphatic hydroxyl groups excluding tert-OH is 1. The van der Waals surface area contributed by atoms with Crippen LogP contribution in [0.4, 0.5) is 5.69 Å². The summed E-state index contributed by atoms with van der Waals surface area (Å²) in [7, 11) is 0. The van der Waals surface area contributed by atoms with Gasteiger partial charge in [0, 0.05) is 28.3 Å². The van der Waals surface area contributed by atoms with Gasteiger partial charge in [0.15, 0.2) is 0 Å². The minimum absolute atomic E-state index is 0.0401. The molecule has 0 bridgehead atoms. The summed E-state index contributed by atoms with van der Waals surface area (Å²) in [4.78, 5) is 2.25. The minimum Gasteiger partial charge on any atom is -0.392 e. The van der Waals surface area contributed by atoms with E-state index in [0.29, 0.717) is 12.5 Å². The van der Waals surface area contributed by atoms with Crippen LogP contribution in [0.3, 0.4) is 0 Å². The first-order valence-corrected chi connectivity index (χ1v) is 6.58. The lowest BCUT2D eigenvalue weighted by Gasteiger charge is -2.26. The number of rotatable bonds is 5. The van der Waals surface area contributed by atoms with Crippen molar-refractivity contribution >= 4 is 21.6 Å². The first kappa shape index (κ1) is 12.4. The van der Waals surface area contributed by atoms with E-state index in [2.05, 4.69) is 26.9 Å². The number of aliphatic hydroxyl groups is 1. The first-order chi connectivity index (χ1) is 8.26. The molecule has 1 fully saturated rings. The van der Waals surface area contributed by atoms with E-state index in [1.165, 1.54) is 12.8 Å². The fraction of sp³-hybridized carbons (Fsp3) is 0.462. The Hall–Kier alpha value is -1.05. The number of nitrogens with zero attached hydrogens (tertiary/aromatic N) is 2. The molecule has 0 aromatic heterocycles. The lowest BCUT2D eigenvalue weighted by Crippen LogP contribution is -2.27. The molecular formula is C13H15BrN2O. The smallest absolute Gasteiger partial charge is 0.0702 e. The highest BCUT2D eigenvalue weighted by Gasteiger charge is 2.30. The molecule has 2 rings (SSSR count). The molecular weight excluding hydrogens is 280 g/mol. The SMILES string of the molecule is N#CCCN(c1cc(Br)ccc1CO)C1CC1. The van der Waals surface area contributed by atoms with Crippen molar-refractivity contribution in [2.45, 2.75) is 31.9 Å². The van der Waals surface area contributed by atoms with E-state index in [9.17, 15) is 5.11 Å². The van der Waals surface area contributed by atoms with Crippen molar-refractivity contribution in [2.75, 3.05) is 11.4 Å². The Bertz CT molecular complexity index is 438. The minimum atomic E-state index is 0.0401. The predicted octanol–water partition coefficient (Wildman–Crippen LogP) is 2.82. The molecule has 1 aromatic carbocycles. The molecule has 0 radical (unpaired) electrons. The monoisotopic (exact) mass is 294 g/mol. The van der Waals surface area contributed by atoms with Crippen molar-refractivity contribution in [3.05, 3.63) is 28.2 Å². The van der Waals surface area contributed by atoms with Gasteiger partial charge in [0.1, 0.15) is 0 Å².